The van der Waals surface area contributed by atoms with E-state index in [1.165, 1.54) is 11.8 Å². The van der Waals surface area contributed by atoms with E-state index >= 15 is 0 Å². The third-order valence-corrected chi connectivity index (χ3v) is 4.84. The number of benzene rings is 1. The highest BCUT2D eigenvalue weighted by Gasteiger charge is 2.21. The first-order valence-corrected chi connectivity index (χ1v) is 9.87. The number of thioether (sulfide) groups is 1. The maximum Gasteiger partial charge on any atom is 0.273 e. The molecule has 2 aromatic heterocycles. The van der Waals surface area contributed by atoms with Crippen LogP contribution in [-0.2, 0) is 5.75 Å². The molecule has 0 spiro atoms. The minimum Gasteiger partial charge on any atom is -0.351 e. The number of carbonyl (C=O) groups excluding carboxylic acids is 1. The average Bonchev–Trinajstić information content (AvgIpc) is 3.12. The van der Waals surface area contributed by atoms with E-state index in [-0.39, 0.29) is 5.91 Å². The number of hydrogen-bond donors (Lipinski definition) is 1. The molecule has 1 N–H and O–H groups in total. The van der Waals surface area contributed by atoms with Gasteiger partial charge in [-0.05, 0) is 31.5 Å². The zero-order valence-corrected chi connectivity index (χ0v) is 16.2. The Labute approximate surface area is 162 Å². The molecule has 0 bridgehead atoms. The van der Waals surface area contributed by atoms with E-state index in [9.17, 15) is 4.79 Å². The normalized spacial score (nSPS) is 10.7. The molecule has 2 heterocycles. The zero-order valence-electron chi connectivity index (χ0n) is 15.4. The van der Waals surface area contributed by atoms with Gasteiger partial charge in [0.2, 0.25) is 0 Å². The van der Waals surface area contributed by atoms with E-state index in [2.05, 4.69) is 32.5 Å². The fourth-order valence-electron chi connectivity index (χ4n) is 2.46. The zero-order chi connectivity index (χ0) is 19.1. The van der Waals surface area contributed by atoms with Crippen molar-refractivity contribution in [3.05, 3.63) is 59.7 Å². The van der Waals surface area contributed by atoms with Gasteiger partial charge in [-0.25, -0.2) is 14.6 Å². The summed E-state index contributed by atoms with van der Waals surface area (Å²) in [4.78, 5) is 21.0. The first-order chi connectivity index (χ1) is 13.2. The third kappa shape index (κ3) is 4.91. The van der Waals surface area contributed by atoms with Crippen molar-refractivity contribution < 1.29 is 4.79 Å². The molecule has 27 heavy (non-hydrogen) atoms. The molecule has 0 saturated heterocycles. The Bertz CT molecular complexity index is 879. The highest BCUT2D eigenvalue weighted by molar-refractivity contribution is 7.98. The summed E-state index contributed by atoms with van der Waals surface area (Å²) >= 11 is 1.45. The number of amides is 1. The molecule has 3 rings (SSSR count). The lowest BCUT2D eigenvalue weighted by atomic mass is 10.2. The van der Waals surface area contributed by atoms with Crippen molar-refractivity contribution in [3.8, 4) is 5.69 Å². The van der Waals surface area contributed by atoms with Crippen molar-refractivity contribution in [2.45, 2.75) is 37.6 Å². The van der Waals surface area contributed by atoms with Gasteiger partial charge in [0, 0.05) is 24.7 Å². The fourth-order valence-corrected chi connectivity index (χ4v) is 3.25. The summed E-state index contributed by atoms with van der Waals surface area (Å²) in [7, 11) is 0. The summed E-state index contributed by atoms with van der Waals surface area (Å²) in [6.45, 7) is 4.74. The number of unbranched alkanes of at least 4 members (excludes halogenated alkanes) is 1. The summed E-state index contributed by atoms with van der Waals surface area (Å²) in [5, 5.41) is 11.9. The minimum absolute atomic E-state index is 0.202. The number of rotatable bonds is 8. The SMILES string of the molecule is CCCCNC(=O)c1nnn(-c2ccc(C)cc2)c1CSc1ncccn1. The topological polar surface area (TPSA) is 85.6 Å². The van der Waals surface area contributed by atoms with E-state index in [0.29, 0.717) is 23.1 Å². The maximum absolute atomic E-state index is 12.6. The van der Waals surface area contributed by atoms with Crippen LogP contribution in [-0.4, -0.2) is 37.4 Å². The lowest BCUT2D eigenvalue weighted by molar-refractivity contribution is 0.0947. The minimum atomic E-state index is -0.202. The number of carbonyl (C=O) groups is 1. The van der Waals surface area contributed by atoms with Crippen LogP contribution in [0, 0.1) is 6.92 Å². The molecule has 140 valence electrons. The number of hydrogen-bond acceptors (Lipinski definition) is 6. The van der Waals surface area contributed by atoms with Crippen LogP contribution in [0.3, 0.4) is 0 Å². The molecular weight excluding hydrogens is 360 g/mol. The van der Waals surface area contributed by atoms with E-state index in [4.69, 9.17) is 0 Å². The van der Waals surface area contributed by atoms with Gasteiger partial charge in [0.15, 0.2) is 10.9 Å². The summed E-state index contributed by atoms with van der Waals surface area (Å²) in [5.41, 5.74) is 3.09. The molecule has 0 aliphatic rings. The molecule has 0 radical (unpaired) electrons. The molecule has 0 aliphatic carbocycles. The second-order valence-electron chi connectivity index (χ2n) is 6.06. The van der Waals surface area contributed by atoms with Crippen LogP contribution in [0.5, 0.6) is 0 Å². The third-order valence-electron chi connectivity index (χ3n) is 3.95. The van der Waals surface area contributed by atoms with Crippen LogP contribution >= 0.6 is 11.8 Å². The van der Waals surface area contributed by atoms with Gasteiger partial charge in [-0.15, -0.1) is 5.10 Å². The molecule has 0 unspecified atom stereocenters. The summed E-state index contributed by atoms with van der Waals surface area (Å²) < 4.78 is 1.71. The molecule has 7 nitrogen and oxygen atoms in total. The summed E-state index contributed by atoms with van der Waals surface area (Å²) in [5.74, 6) is 0.285. The number of nitrogens with zero attached hydrogens (tertiary/aromatic N) is 5. The predicted molar refractivity (Wildman–Crippen MR) is 105 cm³/mol. The molecule has 0 saturated carbocycles. The molecule has 0 fully saturated rings. The van der Waals surface area contributed by atoms with Gasteiger partial charge in [0.25, 0.3) is 5.91 Å². The highest BCUT2D eigenvalue weighted by atomic mass is 32.2. The van der Waals surface area contributed by atoms with Crippen LogP contribution in [0.2, 0.25) is 0 Å². The van der Waals surface area contributed by atoms with Crippen LogP contribution < -0.4 is 5.32 Å². The fraction of sp³-hybridized carbons (Fsp3) is 0.316. The Kier molecular flexibility index (Phi) is 6.54. The van der Waals surface area contributed by atoms with Crippen molar-refractivity contribution in [1.29, 1.82) is 0 Å². The first kappa shape index (κ1) is 19.0. The van der Waals surface area contributed by atoms with Crippen LogP contribution in [0.25, 0.3) is 5.69 Å². The van der Waals surface area contributed by atoms with Crippen molar-refractivity contribution in [2.24, 2.45) is 0 Å². The lowest BCUT2D eigenvalue weighted by Crippen LogP contribution is -2.26. The van der Waals surface area contributed by atoms with Crippen molar-refractivity contribution >= 4 is 17.7 Å². The Morgan fingerprint density at radius 3 is 2.63 bits per heavy atom. The van der Waals surface area contributed by atoms with Crippen LogP contribution in [0.4, 0.5) is 0 Å². The van der Waals surface area contributed by atoms with Gasteiger partial charge >= 0.3 is 0 Å². The quantitative estimate of drug-likeness (QED) is 0.366. The van der Waals surface area contributed by atoms with E-state index in [0.717, 1.165) is 29.8 Å². The molecule has 0 aliphatic heterocycles. The first-order valence-electron chi connectivity index (χ1n) is 8.88. The number of nitrogens with one attached hydrogen (secondary N) is 1. The van der Waals surface area contributed by atoms with E-state index in [1.807, 2.05) is 31.2 Å². The van der Waals surface area contributed by atoms with Gasteiger partial charge in [0.05, 0.1) is 11.4 Å². The highest BCUT2D eigenvalue weighted by Crippen LogP contribution is 2.23. The van der Waals surface area contributed by atoms with Crippen molar-refractivity contribution in [1.82, 2.24) is 30.3 Å². The second-order valence-corrected chi connectivity index (χ2v) is 7.00. The molecule has 8 heteroatoms. The number of aromatic nitrogens is 5. The smallest absolute Gasteiger partial charge is 0.273 e. The van der Waals surface area contributed by atoms with Gasteiger partial charge < -0.3 is 5.32 Å². The monoisotopic (exact) mass is 382 g/mol. The Balaban J connectivity index is 1.88. The summed E-state index contributed by atoms with van der Waals surface area (Å²) in [6.07, 6.45) is 5.34. The summed E-state index contributed by atoms with van der Waals surface area (Å²) in [6, 6.07) is 9.73. The van der Waals surface area contributed by atoms with Gasteiger partial charge in [-0.1, -0.05) is 48.0 Å². The maximum atomic E-state index is 12.6. The van der Waals surface area contributed by atoms with Crippen LogP contribution in [0.1, 0.15) is 41.5 Å². The molecule has 0 atom stereocenters. The molecule has 1 amide bonds. The predicted octanol–water partition coefficient (Wildman–Crippen LogP) is 3.19. The lowest BCUT2D eigenvalue weighted by Gasteiger charge is -2.08. The molecular formula is C19H22N6OS. The van der Waals surface area contributed by atoms with Crippen LogP contribution in [0.15, 0.2) is 47.9 Å². The second kappa shape index (κ2) is 9.27. The largest absolute Gasteiger partial charge is 0.351 e. The van der Waals surface area contributed by atoms with Crippen molar-refractivity contribution in [2.75, 3.05) is 6.54 Å². The van der Waals surface area contributed by atoms with Crippen molar-refractivity contribution in [3.63, 3.8) is 0 Å². The van der Waals surface area contributed by atoms with E-state index < -0.39 is 0 Å². The molecule has 1 aromatic carbocycles. The molecule has 3 aromatic rings. The van der Waals surface area contributed by atoms with Gasteiger partial charge in [0.1, 0.15) is 0 Å². The van der Waals surface area contributed by atoms with Gasteiger partial charge in [-0.3, -0.25) is 4.79 Å². The van der Waals surface area contributed by atoms with E-state index in [1.54, 1.807) is 23.1 Å². The standard InChI is InChI=1S/C19H22N6OS/c1-3-4-10-20-18(26)17-16(13-27-19-21-11-5-12-22-19)25(24-23-17)15-8-6-14(2)7-9-15/h5-9,11-12H,3-4,10,13H2,1-2H3,(H,20,26). The van der Waals surface area contributed by atoms with Gasteiger partial charge in [-0.2, -0.15) is 0 Å². The number of aryl methyl sites for hydroxylation is 1. The average molecular weight is 382 g/mol. The Morgan fingerprint density at radius 1 is 1.19 bits per heavy atom. The Morgan fingerprint density at radius 2 is 1.93 bits per heavy atom. The Hall–Kier alpha value is -2.74.